The third kappa shape index (κ3) is 5.99. The van der Waals surface area contributed by atoms with Crippen LogP contribution in [0.1, 0.15) is 21.5 Å². The Morgan fingerprint density at radius 3 is 2.12 bits per heavy atom. The molecule has 0 aliphatic heterocycles. The molecule has 5 heteroatoms. The van der Waals surface area contributed by atoms with E-state index in [2.05, 4.69) is 5.32 Å². The van der Waals surface area contributed by atoms with Gasteiger partial charge in [-0.05, 0) is 65.6 Å². The minimum atomic E-state index is -1.10. The summed E-state index contributed by atoms with van der Waals surface area (Å²) in [6.45, 7) is 0. The van der Waals surface area contributed by atoms with Crippen LogP contribution in [0.15, 0.2) is 103 Å². The highest BCUT2D eigenvalue weighted by Gasteiger charge is 2.08. The molecule has 2 N–H and O–H groups in total. The molecule has 4 aromatic rings. The number of hydrogen-bond donors (Lipinski definition) is 2. The van der Waals surface area contributed by atoms with Crippen molar-refractivity contribution in [3.05, 3.63) is 120 Å². The Hall–Kier alpha value is -4.64. The molecule has 0 heterocycles. The first-order valence-corrected chi connectivity index (χ1v) is 10.8. The molecule has 4 aromatic carbocycles. The first-order chi connectivity index (χ1) is 16.6. The summed E-state index contributed by atoms with van der Waals surface area (Å²) >= 11 is 0. The Morgan fingerprint density at radius 2 is 1.47 bits per heavy atom. The molecule has 0 bridgehead atoms. The molecule has 0 saturated heterocycles. The maximum Gasteiger partial charge on any atom is 0.409 e. The maximum atomic E-state index is 11.3. The highest BCUT2D eigenvalue weighted by molar-refractivity contribution is 5.91. The Morgan fingerprint density at radius 1 is 0.824 bits per heavy atom. The van der Waals surface area contributed by atoms with Gasteiger partial charge in [-0.15, -0.1) is 0 Å². The van der Waals surface area contributed by atoms with Crippen LogP contribution in [0.4, 0.5) is 10.5 Å². The van der Waals surface area contributed by atoms with Gasteiger partial charge in [0.05, 0.1) is 5.69 Å². The molecular weight excluding hydrogens is 426 g/mol. The van der Waals surface area contributed by atoms with Crippen LogP contribution in [-0.2, 0) is 6.42 Å². The van der Waals surface area contributed by atoms with Gasteiger partial charge in [0, 0.05) is 11.1 Å². The number of carbonyl (C=O) groups is 2. The minimum Gasteiger partial charge on any atom is -0.465 e. The van der Waals surface area contributed by atoms with Crippen molar-refractivity contribution < 1.29 is 19.4 Å². The molecule has 4 rings (SSSR count). The molecule has 0 aromatic heterocycles. The van der Waals surface area contributed by atoms with Crippen molar-refractivity contribution >= 4 is 24.1 Å². The van der Waals surface area contributed by atoms with Gasteiger partial charge in [-0.1, -0.05) is 66.7 Å². The van der Waals surface area contributed by atoms with Crippen molar-refractivity contribution in [3.63, 3.8) is 0 Å². The molecule has 0 fully saturated rings. The molecule has 0 spiro atoms. The number of anilines is 1. The molecule has 0 unspecified atom stereocenters. The van der Waals surface area contributed by atoms with Crippen molar-refractivity contribution in [1.29, 1.82) is 0 Å². The minimum absolute atomic E-state index is 0.545. The van der Waals surface area contributed by atoms with Crippen molar-refractivity contribution in [1.82, 2.24) is 0 Å². The number of carboxylic acid groups (broad SMARTS) is 1. The van der Waals surface area contributed by atoms with E-state index < -0.39 is 6.09 Å². The molecule has 34 heavy (non-hydrogen) atoms. The van der Waals surface area contributed by atoms with Crippen LogP contribution < -0.4 is 10.1 Å². The molecule has 0 aliphatic carbocycles. The number of allylic oxidation sites excluding steroid dienone is 1. The summed E-state index contributed by atoms with van der Waals surface area (Å²) in [6, 6.07) is 30.1. The first-order valence-electron chi connectivity index (χ1n) is 10.8. The van der Waals surface area contributed by atoms with Crippen molar-refractivity contribution in [2.45, 2.75) is 6.42 Å². The molecule has 0 radical (unpaired) electrons. The maximum absolute atomic E-state index is 11.3. The molecule has 0 atom stereocenters. The van der Waals surface area contributed by atoms with E-state index in [0.29, 0.717) is 22.7 Å². The zero-order valence-electron chi connectivity index (χ0n) is 18.3. The lowest BCUT2D eigenvalue weighted by Gasteiger charge is -2.11. The van der Waals surface area contributed by atoms with Gasteiger partial charge in [0.15, 0.2) is 0 Å². The van der Waals surface area contributed by atoms with Gasteiger partial charge in [-0.2, -0.15) is 0 Å². The zero-order valence-corrected chi connectivity index (χ0v) is 18.3. The Kier molecular flexibility index (Phi) is 7.16. The van der Waals surface area contributed by atoms with E-state index in [1.807, 2.05) is 84.9 Å². The molecule has 5 nitrogen and oxygen atoms in total. The van der Waals surface area contributed by atoms with Gasteiger partial charge in [0.25, 0.3) is 0 Å². The van der Waals surface area contributed by atoms with E-state index in [9.17, 15) is 14.7 Å². The fraction of sp³-hybridized carbons (Fsp3) is 0.0345. The van der Waals surface area contributed by atoms with Gasteiger partial charge < -0.3 is 9.84 Å². The highest BCUT2D eigenvalue weighted by Crippen LogP contribution is 2.29. The van der Waals surface area contributed by atoms with Crippen molar-refractivity contribution in [3.8, 4) is 22.6 Å². The van der Waals surface area contributed by atoms with E-state index >= 15 is 0 Å². The number of aldehydes is 1. The quantitative estimate of drug-likeness (QED) is 0.277. The Bertz CT molecular complexity index is 1290. The van der Waals surface area contributed by atoms with Crippen molar-refractivity contribution in [2.75, 3.05) is 5.32 Å². The number of rotatable bonds is 8. The van der Waals surface area contributed by atoms with Crippen LogP contribution in [0.5, 0.6) is 11.5 Å². The van der Waals surface area contributed by atoms with Crippen molar-refractivity contribution in [2.24, 2.45) is 0 Å². The largest absolute Gasteiger partial charge is 0.465 e. The third-order valence-corrected chi connectivity index (χ3v) is 5.21. The summed E-state index contributed by atoms with van der Waals surface area (Å²) in [4.78, 5) is 22.0. The summed E-state index contributed by atoms with van der Waals surface area (Å²) < 4.78 is 5.81. The number of nitrogens with one attached hydrogen (secondary N) is 1. The lowest BCUT2D eigenvalue weighted by molar-refractivity contribution is 0.112. The van der Waals surface area contributed by atoms with Gasteiger partial charge in [-0.25, -0.2) is 4.79 Å². The van der Waals surface area contributed by atoms with E-state index in [1.54, 1.807) is 24.3 Å². The van der Waals surface area contributed by atoms with Crippen LogP contribution in [0.2, 0.25) is 0 Å². The van der Waals surface area contributed by atoms with Gasteiger partial charge in [0.2, 0.25) is 0 Å². The van der Waals surface area contributed by atoms with Gasteiger partial charge >= 0.3 is 6.09 Å². The number of benzene rings is 4. The SMILES string of the molecule is O=Cc1ccc(Oc2ccc(C/C=C/c3ccc(-c4ccccc4)c(NC(=O)O)c3)cc2)cc1. The van der Waals surface area contributed by atoms with E-state index in [-0.39, 0.29) is 0 Å². The molecule has 168 valence electrons. The molecule has 0 saturated carbocycles. The number of carbonyl (C=O) groups excluding carboxylic acids is 1. The van der Waals surface area contributed by atoms with Crippen LogP contribution in [0.25, 0.3) is 17.2 Å². The second-order valence-electron chi connectivity index (χ2n) is 7.64. The smallest absolute Gasteiger partial charge is 0.409 e. The lowest BCUT2D eigenvalue weighted by atomic mass is 10.0. The number of ether oxygens (including phenoxy) is 1. The first kappa shape index (κ1) is 22.6. The Labute approximate surface area is 198 Å². The van der Waals surface area contributed by atoms with Crippen LogP contribution in [-0.4, -0.2) is 17.5 Å². The normalized spacial score (nSPS) is 10.7. The zero-order chi connectivity index (χ0) is 23.8. The van der Waals surface area contributed by atoms with Crippen LogP contribution in [0, 0.1) is 0 Å². The summed E-state index contributed by atoms with van der Waals surface area (Å²) in [7, 11) is 0. The highest BCUT2D eigenvalue weighted by atomic mass is 16.5. The van der Waals surface area contributed by atoms with E-state index in [4.69, 9.17) is 4.74 Å². The summed E-state index contributed by atoms with van der Waals surface area (Å²) in [6.07, 6.45) is 4.43. The second-order valence-corrected chi connectivity index (χ2v) is 7.64. The summed E-state index contributed by atoms with van der Waals surface area (Å²) in [5.41, 5.74) is 4.95. The standard InChI is InChI=1S/C29H23NO4/c31-20-23-11-16-26(17-12-23)34-25-14-9-21(10-15-25)5-4-6-22-13-18-27(24-7-2-1-3-8-24)28(19-22)30-29(32)33/h1-4,6-20,30H,5H2,(H,32,33)/b6-4+. The van der Waals surface area contributed by atoms with Gasteiger partial charge in [-0.3, -0.25) is 10.1 Å². The predicted molar refractivity (Wildman–Crippen MR) is 135 cm³/mol. The second kappa shape index (κ2) is 10.8. The summed E-state index contributed by atoms with van der Waals surface area (Å²) in [5.74, 6) is 1.38. The average molecular weight is 450 g/mol. The predicted octanol–water partition coefficient (Wildman–Crippen LogP) is 7.30. The lowest BCUT2D eigenvalue weighted by Crippen LogP contribution is -2.08. The fourth-order valence-corrected chi connectivity index (χ4v) is 3.53. The summed E-state index contributed by atoms with van der Waals surface area (Å²) in [5, 5.41) is 11.7. The molecule has 1 amide bonds. The average Bonchev–Trinajstić information content (AvgIpc) is 2.86. The molecular formula is C29H23NO4. The Balaban J connectivity index is 1.42. The van der Waals surface area contributed by atoms with Gasteiger partial charge in [0.1, 0.15) is 17.8 Å². The van der Waals surface area contributed by atoms with Crippen LogP contribution >= 0.6 is 0 Å². The third-order valence-electron chi connectivity index (χ3n) is 5.21. The fourth-order valence-electron chi connectivity index (χ4n) is 3.53. The molecule has 0 aliphatic rings. The van der Waals surface area contributed by atoms with E-state index in [0.717, 1.165) is 35.0 Å². The van der Waals surface area contributed by atoms with E-state index in [1.165, 1.54) is 0 Å². The number of hydrogen-bond acceptors (Lipinski definition) is 3. The van der Waals surface area contributed by atoms with Crippen LogP contribution in [0.3, 0.4) is 0 Å². The number of amides is 1. The monoisotopic (exact) mass is 449 g/mol. The topological polar surface area (TPSA) is 75.6 Å².